The molecular formula is C32H32N4O. The first-order chi connectivity index (χ1) is 18.1. The fourth-order valence-corrected chi connectivity index (χ4v) is 4.77. The molecule has 186 valence electrons. The van der Waals surface area contributed by atoms with E-state index in [0.29, 0.717) is 13.1 Å². The molecule has 0 atom stereocenters. The lowest BCUT2D eigenvalue weighted by Gasteiger charge is -2.36. The van der Waals surface area contributed by atoms with Gasteiger partial charge in [-0.2, -0.15) is 0 Å². The minimum Gasteiger partial charge on any atom is -0.353 e. The summed E-state index contributed by atoms with van der Waals surface area (Å²) < 4.78 is 0. The van der Waals surface area contributed by atoms with E-state index in [1.807, 2.05) is 59.5 Å². The zero-order chi connectivity index (χ0) is 25.6. The number of amides is 1. The van der Waals surface area contributed by atoms with Crippen LogP contribution in [0.2, 0.25) is 0 Å². The number of carbonyl (C=O) groups is 1. The predicted octanol–water partition coefficient (Wildman–Crippen LogP) is 5.71. The maximum atomic E-state index is 12.8. The van der Waals surface area contributed by atoms with Gasteiger partial charge in [0.1, 0.15) is 5.82 Å². The van der Waals surface area contributed by atoms with E-state index >= 15 is 0 Å². The van der Waals surface area contributed by atoms with Gasteiger partial charge in [-0.1, -0.05) is 90.5 Å². The Morgan fingerprint density at radius 1 is 0.838 bits per heavy atom. The highest BCUT2D eigenvalue weighted by Gasteiger charge is 2.24. The molecule has 5 heteroatoms. The summed E-state index contributed by atoms with van der Waals surface area (Å²) in [7, 11) is 0. The van der Waals surface area contributed by atoms with E-state index in [0.717, 1.165) is 53.5 Å². The van der Waals surface area contributed by atoms with Crippen molar-refractivity contribution < 1.29 is 4.79 Å². The Kier molecular flexibility index (Phi) is 7.41. The van der Waals surface area contributed by atoms with Gasteiger partial charge in [-0.05, 0) is 31.1 Å². The molecule has 1 aliphatic rings. The van der Waals surface area contributed by atoms with Crippen molar-refractivity contribution in [2.24, 2.45) is 0 Å². The molecule has 1 fully saturated rings. The molecule has 0 bridgehead atoms. The number of aromatic nitrogens is 2. The molecule has 0 unspecified atom stereocenters. The molecule has 0 radical (unpaired) electrons. The normalized spacial score (nSPS) is 13.8. The summed E-state index contributed by atoms with van der Waals surface area (Å²) >= 11 is 0. The molecule has 1 saturated heterocycles. The van der Waals surface area contributed by atoms with E-state index in [1.165, 1.54) is 11.1 Å². The third-order valence-electron chi connectivity index (χ3n) is 6.80. The van der Waals surface area contributed by atoms with Gasteiger partial charge < -0.3 is 9.80 Å². The summed E-state index contributed by atoms with van der Waals surface area (Å²) in [5.74, 6) is 1.76. The summed E-state index contributed by atoms with van der Waals surface area (Å²) in [6.07, 6.45) is 4.34. The third-order valence-corrected chi connectivity index (χ3v) is 6.80. The van der Waals surface area contributed by atoms with Crippen molar-refractivity contribution in [1.29, 1.82) is 0 Å². The predicted molar refractivity (Wildman–Crippen MR) is 150 cm³/mol. The zero-order valence-corrected chi connectivity index (χ0v) is 21.5. The highest BCUT2D eigenvalue weighted by Crippen LogP contribution is 2.28. The summed E-state index contributed by atoms with van der Waals surface area (Å²) in [6.45, 7) is 6.98. The molecule has 0 N–H and O–H groups in total. The van der Waals surface area contributed by atoms with Gasteiger partial charge in [0.05, 0.1) is 0 Å². The highest BCUT2D eigenvalue weighted by atomic mass is 16.2. The van der Waals surface area contributed by atoms with Crippen molar-refractivity contribution in [3.05, 3.63) is 119 Å². The topological polar surface area (TPSA) is 49.3 Å². The Hall–Kier alpha value is -4.25. The zero-order valence-electron chi connectivity index (χ0n) is 21.5. The van der Waals surface area contributed by atoms with E-state index in [9.17, 15) is 4.79 Å². The maximum Gasteiger partial charge on any atom is 0.246 e. The largest absolute Gasteiger partial charge is 0.353 e. The number of aryl methyl sites for hydroxylation is 2. The number of rotatable bonds is 6. The molecule has 1 amide bonds. The van der Waals surface area contributed by atoms with Crippen molar-refractivity contribution in [2.45, 2.75) is 20.3 Å². The lowest BCUT2D eigenvalue weighted by Crippen LogP contribution is -2.49. The van der Waals surface area contributed by atoms with Gasteiger partial charge in [-0.15, -0.1) is 0 Å². The van der Waals surface area contributed by atoms with Crippen molar-refractivity contribution in [2.75, 3.05) is 31.1 Å². The summed E-state index contributed by atoms with van der Waals surface area (Å²) in [4.78, 5) is 27.1. The lowest BCUT2D eigenvalue weighted by atomic mass is 10.0. The fraction of sp³-hybridized carbons (Fsp3) is 0.219. The standard InChI is InChI=1S/C32H32N4O/c1-24-10-9-13-27(22-24)23-29-25(2)33-31(28-14-7-4-8-15-28)34-32(29)36-20-18-35(19-21-36)30(37)17-16-26-11-5-3-6-12-26/h3-17,22H,18-21,23H2,1-2H3. The molecule has 0 saturated carbocycles. The first-order valence-electron chi connectivity index (χ1n) is 12.8. The number of carbonyl (C=O) groups excluding carboxylic acids is 1. The molecule has 1 aliphatic heterocycles. The van der Waals surface area contributed by atoms with Crippen LogP contribution < -0.4 is 4.90 Å². The van der Waals surface area contributed by atoms with Crippen molar-refractivity contribution in [3.63, 3.8) is 0 Å². The third kappa shape index (κ3) is 5.95. The Morgan fingerprint density at radius 2 is 1.54 bits per heavy atom. The van der Waals surface area contributed by atoms with Crippen LogP contribution >= 0.6 is 0 Å². The second-order valence-corrected chi connectivity index (χ2v) is 9.52. The molecule has 4 aromatic rings. The van der Waals surface area contributed by atoms with Crippen molar-refractivity contribution in [1.82, 2.24) is 14.9 Å². The summed E-state index contributed by atoms with van der Waals surface area (Å²) in [5, 5.41) is 0. The molecule has 2 heterocycles. The second-order valence-electron chi connectivity index (χ2n) is 9.52. The maximum absolute atomic E-state index is 12.8. The van der Waals surface area contributed by atoms with E-state index in [1.54, 1.807) is 6.08 Å². The van der Waals surface area contributed by atoms with Crippen LogP contribution in [-0.4, -0.2) is 47.0 Å². The smallest absolute Gasteiger partial charge is 0.246 e. The van der Waals surface area contributed by atoms with Gasteiger partial charge >= 0.3 is 0 Å². The first kappa shape index (κ1) is 24.4. The average Bonchev–Trinajstić information content (AvgIpc) is 2.94. The van der Waals surface area contributed by atoms with Crippen LogP contribution in [0.5, 0.6) is 0 Å². The van der Waals surface area contributed by atoms with Crippen LogP contribution in [0, 0.1) is 13.8 Å². The van der Waals surface area contributed by atoms with Gasteiger partial charge in [0.25, 0.3) is 0 Å². The molecule has 0 spiro atoms. The monoisotopic (exact) mass is 488 g/mol. The van der Waals surface area contributed by atoms with Crippen LogP contribution in [0.25, 0.3) is 17.5 Å². The molecule has 1 aromatic heterocycles. The minimum absolute atomic E-state index is 0.0485. The Bertz CT molecular complexity index is 1390. The van der Waals surface area contributed by atoms with Crippen molar-refractivity contribution in [3.8, 4) is 11.4 Å². The molecular weight excluding hydrogens is 456 g/mol. The Morgan fingerprint density at radius 3 is 2.24 bits per heavy atom. The number of hydrogen-bond donors (Lipinski definition) is 0. The SMILES string of the molecule is Cc1cccc(Cc2c(C)nc(-c3ccccc3)nc2N2CCN(C(=O)C=Cc3ccccc3)CC2)c1. The molecule has 3 aromatic carbocycles. The van der Waals surface area contributed by atoms with Crippen LogP contribution in [0.3, 0.4) is 0 Å². The van der Waals surface area contributed by atoms with E-state index < -0.39 is 0 Å². The van der Waals surface area contributed by atoms with Crippen LogP contribution in [0.15, 0.2) is 91.0 Å². The first-order valence-corrected chi connectivity index (χ1v) is 12.8. The van der Waals surface area contributed by atoms with Gasteiger partial charge in [0.15, 0.2) is 5.82 Å². The van der Waals surface area contributed by atoms with Gasteiger partial charge in [-0.3, -0.25) is 4.79 Å². The Labute approximate surface area is 219 Å². The molecule has 0 aliphatic carbocycles. The van der Waals surface area contributed by atoms with E-state index in [-0.39, 0.29) is 5.91 Å². The summed E-state index contributed by atoms with van der Waals surface area (Å²) in [5.41, 5.74) is 6.67. The molecule has 5 rings (SSSR count). The number of anilines is 1. The average molecular weight is 489 g/mol. The molecule has 5 nitrogen and oxygen atoms in total. The van der Waals surface area contributed by atoms with Crippen LogP contribution in [-0.2, 0) is 11.2 Å². The van der Waals surface area contributed by atoms with Crippen LogP contribution in [0.1, 0.15) is 27.9 Å². The van der Waals surface area contributed by atoms with Gasteiger partial charge in [-0.25, -0.2) is 9.97 Å². The van der Waals surface area contributed by atoms with Gasteiger partial charge in [0, 0.05) is 55.5 Å². The number of benzene rings is 3. The number of piperazine rings is 1. The lowest BCUT2D eigenvalue weighted by molar-refractivity contribution is -0.126. The molecule has 37 heavy (non-hydrogen) atoms. The van der Waals surface area contributed by atoms with Gasteiger partial charge in [0.2, 0.25) is 5.91 Å². The highest BCUT2D eigenvalue weighted by molar-refractivity contribution is 5.92. The minimum atomic E-state index is 0.0485. The quantitative estimate of drug-likeness (QED) is 0.326. The fourth-order valence-electron chi connectivity index (χ4n) is 4.77. The van der Waals surface area contributed by atoms with Crippen molar-refractivity contribution >= 4 is 17.8 Å². The van der Waals surface area contributed by atoms with Crippen LogP contribution in [0.4, 0.5) is 5.82 Å². The number of hydrogen-bond acceptors (Lipinski definition) is 4. The number of nitrogens with zero attached hydrogens (tertiary/aromatic N) is 4. The Balaban J connectivity index is 1.39. The summed E-state index contributed by atoms with van der Waals surface area (Å²) in [6, 6.07) is 28.7. The van der Waals surface area contributed by atoms with E-state index in [4.69, 9.17) is 9.97 Å². The van der Waals surface area contributed by atoms with E-state index in [2.05, 4.69) is 55.1 Å². The second kappa shape index (κ2) is 11.2.